The number of fused-ring (bicyclic) bond motifs is 1. The topological polar surface area (TPSA) is 98.1 Å². The van der Waals surface area contributed by atoms with Crippen molar-refractivity contribution in [2.45, 2.75) is 41.2 Å². The fourth-order valence-corrected chi connectivity index (χ4v) is 2.77. The number of nitrogens with one attached hydrogen (secondary N) is 2. The molecule has 0 saturated carbocycles. The van der Waals surface area contributed by atoms with Gasteiger partial charge in [-0.15, -0.1) is 0 Å². The Bertz CT molecular complexity index is 1050. The average Bonchev–Trinajstić information content (AvgIpc) is 2.81. The molecule has 2 heterocycles. The monoisotopic (exact) mass is 447 g/mol. The number of carbonyl (C=O) groups excluding carboxylic acids is 1. The van der Waals surface area contributed by atoms with Crippen LogP contribution in [0.25, 0.3) is 10.9 Å². The van der Waals surface area contributed by atoms with Crippen molar-refractivity contribution in [1.82, 2.24) is 19.9 Å². The van der Waals surface area contributed by atoms with Crippen molar-refractivity contribution >= 4 is 39.9 Å². The van der Waals surface area contributed by atoms with Gasteiger partial charge in [0.2, 0.25) is 0 Å². The standard InChI is InChI=1S/C18H18ClN5O3.2C2H6/c1-3-24-14-5-4-12(23-17-13(19)8-21-10-22-17)6-11(14)7-15(18(24)26)27-9-16(25)20-2;2*1-2/h4-8,10H,3,9H2,1-2H3,(H,20,25)(H,21,22,23);2*1-2H3. The Morgan fingerprint density at radius 3 is 2.52 bits per heavy atom. The van der Waals surface area contributed by atoms with E-state index in [-0.39, 0.29) is 23.8 Å². The Kier molecular flexibility index (Phi) is 11.1. The first-order chi connectivity index (χ1) is 15.0. The SMILES string of the molecule is CC.CC.CCn1c(=O)c(OCC(=O)NC)cc2cc(Nc3ncncc3Cl)ccc21. The van der Waals surface area contributed by atoms with Gasteiger partial charge in [0.1, 0.15) is 11.3 Å². The van der Waals surface area contributed by atoms with E-state index >= 15 is 0 Å². The molecule has 3 rings (SSSR count). The first-order valence-electron chi connectivity index (χ1n) is 10.3. The number of carbonyl (C=O) groups is 1. The molecule has 3 aromatic rings. The third kappa shape index (κ3) is 6.68. The van der Waals surface area contributed by atoms with Gasteiger partial charge in [-0.1, -0.05) is 39.3 Å². The number of hydrogen-bond donors (Lipinski definition) is 2. The molecule has 2 N–H and O–H groups in total. The van der Waals surface area contributed by atoms with Gasteiger partial charge >= 0.3 is 0 Å². The van der Waals surface area contributed by atoms with Crippen molar-refractivity contribution in [3.8, 4) is 5.75 Å². The maximum absolute atomic E-state index is 12.6. The van der Waals surface area contributed by atoms with Gasteiger partial charge in [-0.2, -0.15) is 0 Å². The van der Waals surface area contributed by atoms with Gasteiger partial charge in [0.05, 0.1) is 11.7 Å². The summed E-state index contributed by atoms with van der Waals surface area (Å²) in [4.78, 5) is 32.0. The molecule has 0 radical (unpaired) electrons. The van der Waals surface area contributed by atoms with Gasteiger partial charge in [0.25, 0.3) is 11.5 Å². The third-order valence-electron chi connectivity index (χ3n) is 3.95. The molecule has 9 heteroatoms. The van der Waals surface area contributed by atoms with Crippen molar-refractivity contribution in [1.29, 1.82) is 0 Å². The van der Waals surface area contributed by atoms with E-state index in [0.717, 1.165) is 16.6 Å². The fraction of sp³-hybridized carbons (Fsp3) is 0.364. The Labute approximate surface area is 187 Å². The maximum atomic E-state index is 12.6. The van der Waals surface area contributed by atoms with Crippen LogP contribution in [-0.4, -0.2) is 34.1 Å². The normalized spacial score (nSPS) is 9.65. The second-order valence-electron chi connectivity index (χ2n) is 5.64. The predicted octanol–water partition coefficient (Wildman–Crippen LogP) is 4.39. The fourth-order valence-electron chi connectivity index (χ4n) is 2.61. The number of rotatable bonds is 6. The number of amides is 1. The zero-order chi connectivity index (χ0) is 23.4. The van der Waals surface area contributed by atoms with Crippen molar-refractivity contribution in [3.05, 3.63) is 52.2 Å². The molecule has 0 saturated heterocycles. The summed E-state index contributed by atoms with van der Waals surface area (Å²) >= 11 is 6.08. The first-order valence-corrected chi connectivity index (χ1v) is 10.6. The molecule has 0 fully saturated rings. The summed E-state index contributed by atoms with van der Waals surface area (Å²) in [6.07, 6.45) is 2.89. The van der Waals surface area contributed by atoms with Crippen LogP contribution in [0.5, 0.6) is 5.75 Å². The van der Waals surface area contributed by atoms with Crippen molar-refractivity contribution in [2.24, 2.45) is 0 Å². The predicted molar refractivity (Wildman–Crippen MR) is 126 cm³/mol. The highest BCUT2D eigenvalue weighted by Crippen LogP contribution is 2.26. The Balaban J connectivity index is 0.00000113. The number of anilines is 2. The first kappa shape index (κ1) is 25.9. The smallest absolute Gasteiger partial charge is 0.293 e. The van der Waals surface area contributed by atoms with E-state index in [1.165, 1.54) is 19.6 Å². The van der Waals surface area contributed by atoms with Crippen LogP contribution in [0.3, 0.4) is 0 Å². The molecule has 0 unspecified atom stereocenters. The van der Waals surface area contributed by atoms with Gasteiger partial charge in [-0.05, 0) is 31.2 Å². The second kappa shape index (κ2) is 13.2. The van der Waals surface area contributed by atoms with Crippen molar-refractivity contribution < 1.29 is 9.53 Å². The molecule has 1 amide bonds. The van der Waals surface area contributed by atoms with Crippen LogP contribution in [0.4, 0.5) is 11.5 Å². The summed E-state index contributed by atoms with van der Waals surface area (Å²) in [5.41, 5.74) is 1.21. The van der Waals surface area contributed by atoms with Gasteiger partial charge in [0.15, 0.2) is 18.2 Å². The van der Waals surface area contributed by atoms with Crippen LogP contribution in [0, 0.1) is 0 Å². The number of likely N-dealkylation sites (N-methyl/N-ethyl adjacent to an activating group) is 1. The molecule has 0 aliphatic rings. The third-order valence-corrected chi connectivity index (χ3v) is 4.22. The molecule has 0 atom stereocenters. The summed E-state index contributed by atoms with van der Waals surface area (Å²) in [5, 5.41) is 6.75. The van der Waals surface area contributed by atoms with Crippen LogP contribution in [0.1, 0.15) is 34.6 Å². The van der Waals surface area contributed by atoms with Crippen LogP contribution in [-0.2, 0) is 11.3 Å². The zero-order valence-electron chi connectivity index (χ0n) is 18.8. The molecule has 1 aromatic carbocycles. The Morgan fingerprint density at radius 1 is 1.19 bits per heavy atom. The molecule has 8 nitrogen and oxygen atoms in total. The molecular formula is C22H30ClN5O3. The number of hydrogen-bond acceptors (Lipinski definition) is 6. The summed E-state index contributed by atoms with van der Waals surface area (Å²) < 4.78 is 7.00. The second-order valence-corrected chi connectivity index (χ2v) is 6.04. The van der Waals surface area contributed by atoms with Gasteiger partial charge in [-0.3, -0.25) is 9.59 Å². The van der Waals surface area contributed by atoms with E-state index in [1.807, 2.05) is 52.8 Å². The highest BCUT2D eigenvalue weighted by Gasteiger charge is 2.12. The minimum absolute atomic E-state index is 0.116. The van der Waals surface area contributed by atoms with E-state index in [0.29, 0.717) is 17.4 Å². The van der Waals surface area contributed by atoms with Gasteiger partial charge < -0.3 is 19.9 Å². The lowest BCUT2D eigenvalue weighted by Gasteiger charge is -2.13. The largest absolute Gasteiger partial charge is 0.478 e. The van der Waals surface area contributed by atoms with E-state index in [2.05, 4.69) is 20.6 Å². The Morgan fingerprint density at radius 2 is 1.90 bits per heavy atom. The summed E-state index contributed by atoms with van der Waals surface area (Å²) in [5.74, 6) is 0.280. The number of aryl methyl sites for hydroxylation is 1. The van der Waals surface area contributed by atoms with Gasteiger partial charge in [0, 0.05) is 24.7 Å². The Hall–Kier alpha value is -3.13. The van der Waals surface area contributed by atoms with Crippen molar-refractivity contribution in [2.75, 3.05) is 19.0 Å². The minimum atomic E-state index is -0.314. The highest BCUT2D eigenvalue weighted by molar-refractivity contribution is 6.32. The summed E-state index contributed by atoms with van der Waals surface area (Å²) in [6.45, 7) is 10.1. The van der Waals surface area contributed by atoms with Crippen LogP contribution in [0.15, 0.2) is 41.6 Å². The number of aromatic nitrogens is 3. The van der Waals surface area contributed by atoms with E-state index < -0.39 is 0 Å². The molecule has 0 spiro atoms. The molecular weight excluding hydrogens is 418 g/mol. The van der Waals surface area contributed by atoms with Crippen molar-refractivity contribution in [3.63, 3.8) is 0 Å². The number of ether oxygens (including phenoxy) is 1. The molecule has 168 valence electrons. The van der Waals surface area contributed by atoms with Crippen LogP contribution >= 0.6 is 11.6 Å². The lowest BCUT2D eigenvalue weighted by atomic mass is 10.1. The summed E-state index contributed by atoms with van der Waals surface area (Å²) in [7, 11) is 1.51. The highest BCUT2D eigenvalue weighted by atomic mass is 35.5. The van der Waals surface area contributed by atoms with Gasteiger partial charge in [-0.25, -0.2) is 9.97 Å². The number of benzene rings is 1. The number of pyridine rings is 1. The van der Waals surface area contributed by atoms with E-state index in [9.17, 15) is 9.59 Å². The molecule has 31 heavy (non-hydrogen) atoms. The minimum Gasteiger partial charge on any atom is -0.478 e. The van der Waals surface area contributed by atoms with E-state index in [4.69, 9.17) is 16.3 Å². The molecule has 2 aromatic heterocycles. The van der Waals surface area contributed by atoms with E-state index in [1.54, 1.807) is 10.6 Å². The van der Waals surface area contributed by atoms with Crippen LogP contribution < -0.4 is 20.9 Å². The quantitative estimate of drug-likeness (QED) is 0.581. The number of nitrogens with zero attached hydrogens (tertiary/aromatic N) is 3. The summed E-state index contributed by atoms with van der Waals surface area (Å²) in [6, 6.07) is 7.14. The molecule has 0 aliphatic heterocycles. The average molecular weight is 448 g/mol. The maximum Gasteiger partial charge on any atom is 0.293 e. The zero-order valence-corrected chi connectivity index (χ0v) is 19.6. The molecule has 0 aliphatic carbocycles. The number of halogens is 1. The van der Waals surface area contributed by atoms with Crippen LogP contribution in [0.2, 0.25) is 5.02 Å². The lowest BCUT2D eigenvalue weighted by molar-refractivity contribution is -0.122. The molecule has 0 bridgehead atoms. The lowest BCUT2D eigenvalue weighted by Crippen LogP contribution is -2.28.